The number of anilines is 1. The number of halogens is 1. The van der Waals surface area contributed by atoms with Gasteiger partial charge in [-0.15, -0.1) is 11.3 Å². The molecule has 0 aliphatic rings. The van der Waals surface area contributed by atoms with Crippen molar-refractivity contribution in [2.24, 2.45) is 0 Å². The van der Waals surface area contributed by atoms with Crippen LogP contribution in [0.2, 0.25) is 0 Å². The van der Waals surface area contributed by atoms with E-state index in [9.17, 15) is 12.8 Å². The van der Waals surface area contributed by atoms with Gasteiger partial charge in [-0.25, -0.2) is 12.8 Å². The number of aliphatic hydroxyl groups is 1. The van der Waals surface area contributed by atoms with E-state index in [2.05, 4.69) is 4.72 Å². The van der Waals surface area contributed by atoms with Crippen molar-refractivity contribution in [1.29, 1.82) is 0 Å². The summed E-state index contributed by atoms with van der Waals surface area (Å²) in [5, 5.41) is 10.6. The Hall–Kier alpha value is -1.44. The summed E-state index contributed by atoms with van der Waals surface area (Å²) in [5.41, 5.74) is 0.144. The summed E-state index contributed by atoms with van der Waals surface area (Å²) in [7, 11) is -3.80. The lowest BCUT2D eigenvalue weighted by Gasteiger charge is -2.07. The summed E-state index contributed by atoms with van der Waals surface area (Å²) in [4.78, 5) is 0.359. The Kier molecular flexibility index (Phi) is 3.65. The molecule has 0 atom stereocenters. The average Bonchev–Trinajstić information content (AvgIpc) is 2.77. The second-order valence-corrected chi connectivity index (χ2v) is 6.13. The average molecular weight is 287 g/mol. The molecule has 4 nitrogen and oxygen atoms in total. The molecule has 18 heavy (non-hydrogen) atoms. The first kappa shape index (κ1) is 13.0. The molecule has 7 heteroatoms. The summed E-state index contributed by atoms with van der Waals surface area (Å²) < 4.78 is 39.3. The van der Waals surface area contributed by atoms with Gasteiger partial charge < -0.3 is 5.11 Å². The van der Waals surface area contributed by atoms with Crippen molar-refractivity contribution in [2.75, 3.05) is 4.72 Å². The Bertz CT molecular complexity index is 652. The van der Waals surface area contributed by atoms with Gasteiger partial charge in [-0.3, -0.25) is 4.72 Å². The van der Waals surface area contributed by atoms with E-state index in [0.717, 1.165) is 17.4 Å². The second-order valence-electron chi connectivity index (χ2n) is 3.48. The quantitative estimate of drug-likeness (QED) is 0.905. The zero-order chi connectivity index (χ0) is 13.2. The van der Waals surface area contributed by atoms with E-state index in [4.69, 9.17) is 5.11 Å². The zero-order valence-corrected chi connectivity index (χ0v) is 10.8. The monoisotopic (exact) mass is 287 g/mol. The molecule has 96 valence electrons. The van der Waals surface area contributed by atoms with Crippen LogP contribution in [0.15, 0.2) is 40.6 Å². The molecule has 0 saturated carbocycles. The molecule has 0 fully saturated rings. The molecule has 2 rings (SSSR count). The summed E-state index contributed by atoms with van der Waals surface area (Å²) >= 11 is 1.15. The van der Waals surface area contributed by atoms with Crippen LogP contribution >= 0.6 is 11.3 Å². The van der Waals surface area contributed by atoms with Crippen LogP contribution in [0.25, 0.3) is 0 Å². The number of benzene rings is 1. The highest BCUT2D eigenvalue weighted by Gasteiger charge is 2.19. The van der Waals surface area contributed by atoms with Gasteiger partial charge in [-0.1, -0.05) is 6.07 Å². The summed E-state index contributed by atoms with van der Waals surface area (Å²) in [6.07, 6.45) is 0. The van der Waals surface area contributed by atoms with Crippen LogP contribution in [0, 0.1) is 5.82 Å². The molecule has 0 amide bonds. The van der Waals surface area contributed by atoms with E-state index in [1.54, 1.807) is 5.38 Å². The number of rotatable bonds is 4. The molecular weight excluding hydrogens is 277 g/mol. The van der Waals surface area contributed by atoms with Gasteiger partial charge in [0.2, 0.25) is 0 Å². The molecular formula is C11H10FNO3S2. The molecule has 0 unspecified atom stereocenters. The Morgan fingerprint density at radius 2 is 2.11 bits per heavy atom. The van der Waals surface area contributed by atoms with Crippen LogP contribution in [0.1, 0.15) is 4.88 Å². The van der Waals surface area contributed by atoms with E-state index in [1.807, 2.05) is 0 Å². The van der Waals surface area contributed by atoms with Crippen molar-refractivity contribution < 1.29 is 17.9 Å². The van der Waals surface area contributed by atoms with Gasteiger partial charge in [0.15, 0.2) is 0 Å². The number of hydrogen-bond acceptors (Lipinski definition) is 4. The Morgan fingerprint density at radius 1 is 1.33 bits per heavy atom. The lowest BCUT2D eigenvalue weighted by Crippen LogP contribution is -2.13. The van der Waals surface area contributed by atoms with E-state index >= 15 is 0 Å². The Labute approximate surface area is 108 Å². The van der Waals surface area contributed by atoms with Crippen molar-refractivity contribution in [2.45, 2.75) is 11.5 Å². The normalized spacial score (nSPS) is 11.4. The fraction of sp³-hybridized carbons (Fsp3) is 0.0909. The fourth-order valence-electron chi connectivity index (χ4n) is 1.45. The number of hydrogen-bond donors (Lipinski definition) is 2. The largest absolute Gasteiger partial charge is 0.391 e. The van der Waals surface area contributed by atoms with E-state index in [1.165, 1.54) is 24.3 Å². The molecule has 2 aromatic rings. The van der Waals surface area contributed by atoms with Crippen LogP contribution < -0.4 is 4.72 Å². The zero-order valence-electron chi connectivity index (χ0n) is 9.13. The van der Waals surface area contributed by atoms with E-state index in [0.29, 0.717) is 4.88 Å². The maximum absolute atomic E-state index is 13.0. The van der Waals surface area contributed by atoms with Crippen molar-refractivity contribution >= 4 is 27.0 Å². The number of thiophene rings is 1. The van der Waals surface area contributed by atoms with Crippen molar-refractivity contribution in [3.63, 3.8) is 0 Å². The van der Waals surface area contributed by atoms with Gasteiger partial charge in [-0.05, 0) is 29.6 Å². The van der Waals surface area contributed by atoms with Gasteiger partial charge in [-0.2, -0.15) is 0 Å². The molecule has 0 spiro atoms. The first-order valence-electron chi connectivity index (χ1n) is 4.98. The summed E-state index contributed by atoms with van der Waals surface area (Å²) in [5.74, 6) is -0.525. The van der Waals surface area contributed by atoms with Gasteiger partial charge in [0.1, 0.15) is 10.7 Å². The second kappa shape index (κ2) is 5.05. The van der Waals surface area contributed by atoms with Gasteiger partial charge in [0.25, 0.3) is 10.0 Å². The fourth-order valence-corrected chi connectivity index (χ4v) is 3.79. The Balaban J connectivity index is 2.33. The van der Waals surface area contributed by atoms with Crippen molar-refractivity contribution in [1.82, 2.24) is 0 Å². The first-order valence-corrected chi connectivity index (χ1v) is 7.35. The lowest BCUT2D eigenvalue weighted by molar-refractivity contribution is 0.282. The molecule has 0 bridgehead atoms. The minimum absolute atomic E-state index is 0.0132. The number of sulfonamides is 1. The Morgan fingerprint density at radius 3 is 2.78 bits per heavy atom. The third kappa shape index (κ3) is 2.69. The van der Waals surface area contributed by atoms with Crippen LogP contribution in [-0.2, 0) is 16.6 Å². The van der Waals surface area contributed by atoms with Crippen LogP contribution in [-0.4, -0.2) is 13.5 Å². The van der Waals surface area contributed by atoms with Gasteiger partial charge in [0, 0.05) is 0 Å². The number of nitrogens with one attached hydrogen (secondary N) is 1. The minimum Gasteiger partial charge on any atom is -0.391 e. The van der Waals surface area contributed by atoms with Gasteiger partial charge in [0.05, 0.1) is 17.2 Å². The third-order valence-electron chi connectivity index (χ3n) is 2.21. The third-order valence-corrected chi connectivity index (χ3v) is 4.72. The molecule has 0 aliphatic heterocycles. The van der Waals surface area contributed by atoms with Crippen LogP contribution in [0.4, 0.5) is 10.1 Å². The highest BCUT2D eigenvalue weighted by atomic mass is 32.2. The molecule has 2 N–H and O–H groups in total. The van der Waals surface area contributed by atoms with Gasteiger partial charge >= 0.3 is 0 Å². The highest BCUT2D eigenvalue weighted by molar-refractivity contribution is 7.93. The molecule has 0 radical (unpaired) electrons. The molecule has 1 aromatic carbocycles. The predicted molar refractivity (Wildman–Crippen MR) is 67.5 cm³/mol. The smallest absolute Gasteiger partial charge is 0.263 e. The molecule has 0 saturated heterocycles. The van der Waals surface area contributed by atoms with Crippen LogP contribution in [0.3, 0.4) is 0 Å². The molecule has 1 heterocycles. The maximum Gasteiger partial charge on any atom is 0.263 e. The summed E-state index contributed by atoms with van der Waals surface area (Å²) in [6.45, 7) is -0.350. The topological polar surface area (TPSA) is 66.4 Å². The standard InChI is InChI=1S/C11H10FNO3S2/c12-8-2-1-3-9(6-8)13-18(15,16)11-4-5-17-10(11)7-14/h1-6,13-14H,7H2. The first-order chi connectivity index (χ1) is 8.53. The minimum atomic E-state index is -3.80. The summed E-state index contributed by atoms with van der Waals surface area (Å²) in [6, 6.07) is 6.57. The molecule has 1 aromatic heterocycles. The van der Waals surface area contributed by atoms with Crippen LogP contribution in [0.5, 0.6) is 0 Å². The lowest BCUT2D eigenvalue weighted by atomic mass is 10.3. The number of aliphatic hydroxyl groups excluding tert-OH is 1. The van der Waals surface area contributed by atoms with E-state index < -0.39 is 15.8 Å². The predicted octanol–water partition coefficient (Wildman–Crippen LogP) is 2.18. The SMILES string of the molecule is O=S(=O)(Nc1cccc(F)c1)c1ccsc1CO. The van der Waals surface area contributed by atoms with Crippen molar-refractivity contribution in [3.8, 4) is 0 Å². The highest BCUT2D eigenvalue weighted by Crippen LogP contribution is 2.24. The van der Waals surface area contributed by atoms with Crippen molar-refractivity contribution in [3.05, 3.63) is 46.4 Å². The maximum atomic E-state index is 13.0. The molecule has 0 aliphatic carbocycles. The van der Waals surface area contributed by atoms with E-state index in [-0.39, 0.29) is 17.2 Å².